The number of aromatic hydroxyl groups is 1. The molecule has 0 unspecified atom stereocenters. The van der Waals surface area contributed by atoms with Crippen molar-refractivity contribution in [2.45, 2.75) is 25.5 Å². The Hall–Kier alpha value is -1.85. The summed E-state index contributed by atoms with van der Waals surface area (Å²) in [4.78, 5) is 12.6. The summed E-state index contributed by atoms with van der Waals surface area (Å²) >= 11 is 6.97. The number of carbonyl (C=O) groups excluding carboxylic acids is 1. The zero-order valence-corrected chi connectivity index (χ0v) is 21.0. The number of aromatic nitrogens is 3. The number of phenols is 1. The Balaban J connectivity index is 1.79. The van der Waals surface area contributed by atoms with E-state index in [1.54, 1.807) is 24.3 Å². The van der Waals surface area contributed by atoms with Gasteiger partial charge in [0.05, 0.1) is 11.3 Å². The van der Waals surface area contributed by atoms with E-state index < -0.39 is 0 Å². The second-order valence-electron chi connectivity index (χ2n) is 6.62. The van der Waals surface area contributed by atoms with Crippen molar-refractivity contribution in [2.75, 3.05) is 11.1 Å². The number of nitrogens with one attached hydrogen (secondary N) is 1. The quantitative estimate of drug-likeness (QED) is 0.212. The van der Waals surface area contributed by atoms with Gasteiger partial charge in [0.2, 0.25) is 5.91 Å². The molecule has 2 N–H and O–H groups in total. The molecule has 30 heavy (non-hydrogen) atoms. The molecule has 0 saturated carbocycles. The van der Waals surface area contributed by atoms with Gasteiger partial charge in [-0.1, -0.05) is 33.8 Å². The van der Waals surface area contributed by atoms with Crippen molar-refractivity contribution in [3.05, 3.63) is 62.2 Å². The van der Waals surface area contributed by atoms with Crippen molar-refractivity contribution in [3.8, 4) is 17.1 Å². The van der Waals surface area contributed by atoms with Gasteiger partial charge in [-0.25, -0.2) is 0 Å². The molecule has 0 fully saturated rings. The summed E-state index contributed by atoms with van der Waals surface area (Å²) in [6, 6.07) is 9.20. The van der Waals surface area contributed by atoms with Crippen LogP contribution in [0.4, 0.5) is 5.69 Å². The van der Waals surface area contributed by atoms with Crippen LogP contribution in [0.25, 0.3) is 11.4 Å². The van der Waals surface area contributed by atoms with Crippen LogP contribution in [0.3, 0.4) is 0 Å². The van der Waals surface area contributed by atoms with E-state index in [-0.39, 0.29) is 17.4 Å². The lowest BCUT2D eigenvalue weighted by molar-refractivity contribution is -0.113. The molecule has 0 radical (unpaired) electrons. The highest BCUT2D eigenvalue weighted by atomic mass is 127. The number of hydrogen-bond acceptors (Lipinski definition) is 5. The minimum atomic E-state index is -0.118. The number of allylic oxidation sites excluding steroid dienone is 1. The van der Waals surface area contributed by atoms with Crippen molar-refractivity contribution in [2.24, 2.45) is 0 Å². The number of anilines is 1. The van der Waals surface area contributed by atoms with Crippen LogP contribution in [-0.4, -0.2) is 31.5 Å². The van der Waals surface area contributed by atoms with E-state index in [2.05, 4.69) is 60.6 Å². The van der Waals surface area contributed by atoms with Crippen LogP contribution < -0.4 is 5.32 Å². The molecule has 0 aliphatic heterocycles. The van der Waals surface area contributed by atoms with Crippen LogP contribution in [0.2, 0.25) is 0 Å². The molecule has 0 aliphatic carbocycles. The van der Waals surface area contributed by atoms with Crippen LogP contribution in [-0.2, 0) is 11.3 Å². The lowest BCUT2D eigenvalue weighted by Crippen LogP contribution is -2.16. The molecule has 1 aromatic heterocycles. The first-order valence-corrected chi connectivity index (χ1v) is 11.9. The summed E-state index contributed by atoms with van der Waals surface area (Å²) < 4.78 is 3.78. The SMILES string of the molecule is C=CCn1c(SCC(=O)Nc2c(C)cc(I)cc2C)nnc1-c1cc(Br)ccc1O. The third-order valence-corrected chi connectivity index (χ3v) is 6.41. The summed E-state index contributed by atoms with van der Waals surface area (Å²) in [5, 5.41) is 22.3. The van der Waals surface area contributed by atoms with E-state index in [0.717, 1.165) is 24.9 Å². The number of aryl methyl sites for hydroxylation is 2. The Bertz CT molecular complexity index is 1090. The van der Waals surface area contributed by atoms with E-state index in [0.29, 0.717) is 23.1 Å². The molecule has 156 valence electrons. The second kappa shape index (κ2) is 9.97. The fourth-order valence-corrected chi connectivity index (χ4v) is 5.03. The zero-order chi connectivity index (χ0) is 21.8. The van der Waals surface area contributed by atoms with E-state index in [1.807, 2.05) is 30.5 Å². The third kappa shape index (κ3) is 5.25. The molecule has 0 bridgehead atoms. The average molecular weight is 599 g/mol. The minimum Gasteiger partial charge on any atom is -0.507 e. The van der Waals surface area contributed by atoms with Crippen molar-refractivity contribution in [1.29, 1.82) is 0 Å². The number of thioether (sulfide) groups is 1. The Kier molecular flexibility index (Phi) is 7.59. The predicted molar refractivity (Wildman–Crippen MR) is 133 cm³/mol. The molecule has 3 rings (SSSR count). The van der Waals surface area contributed by atoms with Gasteiger partial charge in [0, 0.05) is 20.3 Å². The van der Waals surface area contributed by atoms with E-state index in [1.165, 1.54) is 11.8 Å². The topological polar surface area (TPSA) is 80.0 Å². The maximum atomic E-state index is 12.6. The van der Waals surface area contributed by atoms with Crippen LogP contribution in [0, 0.1) is 17.4 Å². The molecular formula is C21H20BrIN4O2S. The van der Waals surface area contributed by atoms with Crippen molar-refractivity contribution in [1.82, 2.24) is 14.8 Å². The van der Waals surface area contributed by atoms with E-state index >= 15 is 0 Å². The Morgan fingerprint density at radius 2 is 2.00 bits per heavy atom. The molecule has 6 nitrogen and oxygen atoms in total. The fraction of sp³-hybridized carbons (Fsp3) is 0.190. The molecule has 1 amide bonds. The van der Waals surface area contributed by atoms with Gasteiger partial charge in [-0.15, -0.1) is 16.8 Å². The molecule has 1 heterocycles. The number of hydrogen-bond donors (Lipinski definition) is 2. The van der Waals surface area contributed by atoms with Gasteiger partial charge in [0.15, 0.2) is 11.0 Å². The number of halogens is 2. The number of amides is 1. The maximum absolute atomic E-state index is 12.6. The van der Waals surface area contributed by atoms with Gasteiger partial charge in [-0.2, -0.15) is 0 Å². The van der Waals surface area contributed by atoms with Gasteiger partial charge in [0.1, 0.15) is 5.75 Å². The predicted octanol–water partition coefficient (Wildman–Crippen LogP) is 5.55. The van der Waals surface area contributed by atoms with Crippen LogP contribution in [0.5, 0.6) is 5.75 Å². The summed E-state index contributed by atoms with van der Waals surface area (Å²) in [5.74, 6) is 0.688. The van der Waals surface area contributed by atoms with Crippen molar-refractivity contribution in [3.63, 3.8) is 0 Å². The number of benzene rings is 2. The Morgan fingerprint density at radius 1 is 1.30 bits per heavy atom. The smallest absolute Gasteiger partial charge is 0.234 e. The highest BCUT2D eigenvalue weighted by molar-refractivity contribution is 14.1. The van der Waals surface area contributed by atoms with Gasteiger partial charge in [0.25, 0.3) is 0 Å². The number of nitrogens with zero attached hydrogens (tertiary/aromatic N) is 3. The number of phenolic OH excluding ortho intramolecular Hbond substituents is 1. The summed E-state index contributed by atoms with van der Waals surface area (Å²) in [6.07, 6.45) is 1.73. The highest BCUT2D eigenvalue weighted by Gasteiger charge is 2.18. The van der Waals surface area contributed by atoms with Gasteiger partial charge >= 0.3 is 0 Å². The Labute approximate surface area is 201 Å². The normalized spacial score (nSPS) is 10.8. The third-order valence-electron chi connectivity index (χ3n) is 4.32. The molecule has 0 spiro atoms. The fourth-order valence-electron chi connectivity index (χ4n) is 2.99. The first-order valence-electron chi connectivity index (χ1n) is 9.02. The summed E-state index contributed by atoms with van der Waals surface area (Å²) in [5.41, 5.74) is 3.45. The molecule has 0 atom stereocenters. The molecule has 9 heteroatoms. The van der Waals surface area contributed by atoms with Crippen LogP contribution in [0.1, 0.15) is 11.1 Å². The van der Waals surface area contributed by atoms with E-state index in [4.69, 9.17) is 0 Å². The molecule has 3 aromatic rings. The summed E-state index contributed by atoms with van der Waals surface area (Å²) in [6.45, 7) is 8.21. The minimum absolute atomic E-state index is 0.106. The average Bonchev–Trinajstić information content (AvgIpc) is 3.07. The number of carbonyl (C=O) groups is 1. The summed E-state index contributed by atoms with van der Waals surface area (Å²) in [7, 11) is 0. The first-order chi connectivity index (χ1) is 14.3. The van der Waals surface area contributed by atoms with E-state index in [9.17, 15) is 9.90 Å². The molecule has 0 aliphatic rings. The van der Waals surface area contributed by atoms with Crippen molar-refractivity contribution < 1.29 is 9.90 Å². The maximum Gasteiger partial charge on any atom is 0.234 e. The monoisotopic (exact) mass is 598 g/mol. The Morgan fingerprint density at radius 3 is 2.67 bits per heavy atom. The van der Waals surface area contributed by atoms with Crippen molar-refractivity contribution >= 4 is 61.9 Å². The largest absolute Gasteiger partial charge is 0.507 e. The van der Waals surface area contributed by atoms with Gasteiger partial charge < -0.3 is 10.4 Å². The van der Waals surface area contributed by atoms with Gasteiger partial charge in [-0.3, -0.25) is 9.36 Å². The number of rotatable bonds is 7. The lowest BCUT2D eigenvalue weighted by Gasteiger charge is -2.12. The highest BCUT2D eigenvalue weighted by Crippen LogP contribution is 2.33. The van der Waals surface area contributed by atoms with Crippen LogP contribution in [0.15, 0.2) is 52.6 Å². The second-order valence-corrected chi connectivity index (χ2v) is 9.72. The van der Waals surface area contributed by atoms with Crippen LogP contribution >= 0.6 is 50.3 Å². The lowest BCUT2D eigenvalue weighted by atomic mass is 10.1. The van der Waals surface area contributed by atoms with Gasteiger partial charge in [-0.05, 0) is 77.9 Å². The zero-order valence-electron chi connectivity index (χ0n) is 16.4. The molecule has 2 aromatic carbocycles. The first kappa shape index (κ1) is 22.8. The standard InChI is InChI=1S/C21H20BrIN4O2S/c1-4-7-27-20(16-10-14(22)5-6-17(16)28)25-26-21(27)30-11-18(29)24-19-12(2)8-15(23)9-13(19)3/h4-6,8-10,28H,1,7,11H2,2-3H3,(H,24,29). The molecule has 0 saturated heterocycles. The molecular weight excluding hydrogens is 579 g/mol.